The topological polar surface area (TPSA) is 111 Å². The van der Waals surface area contributed by atoms with E-state index in [0.29, 0.717) is 12.2 Å². The van der Waals surface area contributed by atoms with Crippen molar-refractivity contribution < 1.29 is 33.3 Å². The van der Waals surface area contributed by atoms with E-state index >= 15 is 0 Å². The third kappa shape index (κ3) is 9.75. The van der Waals surface area contributed by atoms with Crippen molar-refractivity contribution in [1.29, 1.82) is 0 Å². The van der Waals surface area contributed by atoms with Gasteiger partial charge in [0, 0.05) is 12.6 Å². The number of carbonyl (C=O) groups excluding carboxylic acids is 2. The van der Waals surface area contributed by atoms with Gasteiger partial charge in [-0.15, -0.1) is 0 Å². The number of esters is 1. The molecule has 0 heterocycles. The second-order valence-corrected chi connectivity index (χ2v) is 11.1. The van der Waals surface area contributed by atoms with Crippen LogP contribution in [0, 0.1) is 0 Å². The van der Waals surface area contributed by atoms with Gasteiger partial charge in [-0.25, -0.2) is 4.79 Å². The maximum atomic E-state index is 13.3. The van der Waals surface area contributed by atoms with Crippen molar-refractivity contribution in [2.24, 2.45) is 0 Å². The van der Waals surface area contributed by atoms with Crippen LogP contribution in [0.5, 0.6) is 5.75 Å². The summed E-state index contributed by atoms with van der Waals surface area (Å²) in [6.45, 7) is 0.116. The first-order valence-corrected chi connectivity index (χ1v) is 13.9. The fraction of sp³-hybridized carbons (Fsp3) is 0.286. The highest BCUT2D eigenvalue weighted by atomic mass is 31.2. The minimum Gasteiger partial charge on any atom is -0.497 e. The summed E-state index contributed by atoms with van der Waals surface area (Å²) in [4.78, 5) is 35.7. The summed E-state index contributed by atoms with van der Waals surface area (Å²) >= 11 is 0. The number of nitrogens with one attached hydrogen (secondary N) is 1. The van der Waals surface area contributed by atoms with Crippen LogP contribution >= 0.6 is 7.37 Å². The first kappa shape index (κ1) is 28.0. The Bertz CT molecular complexity index is 1170. The van der Waals surface area contributed by atoms with Crippen molar-refractivity contribution in [3.8, 4) is 5.75 Å². The third-order valence-electron chi connectivity index (χ3n) is 5.73. The molecule has 3 aromatic carbocycles. The molecule has 2 N–H and O–H groups in total. The van der Waals surface area contributed by atoms with Crippen molar-refractivity contribution in [2.75, 3.05) is 13.3 Å². The van der Waals surface area contributed by atoms with Crippen molar-refractivity contribution in [1.82, 2.24) is 5.32 Å². The average Bonchev–Trinajstić information content (AvgIpc) is 2.93. The third-order valence-corrected chi connectivity index (χ3v) is 7.95. The van der Waals surface area contributed by atoms with Gasteiger partial charge in [0.05, 0.1) is 7.11 Å². The van der Waals surface area contributed by atoms with Crippen molar-refractivity contribution >= 4 is 19.4 Å². The fourth-order valence-electron chi connectivity index (χ4n) is 3.58. The molecule has 0 aliphatic carbocycles. The molecule has 0 aliphatic rings. The Kier molecular flexibility index (Phi) is 10.7. The number of aryl methyl sites for hydroxylation is 1. The number of rotatable bonds is 13. The SMILES string of the molecule is COc1ccc(CCP(=O)(O)C(CCC(=O)OCc2ccccc2)NC(=O)OCc2ccccc2)cc1. The summed E-state index contributed by atoms with van der Waals surface area (Å²) in [6, 6.07) is 25.5. The molecule has 2 atom stereocenters. The van der Waals surface area contributed by atoms with Gasteiger partial charge in [0.1, 0.15) is 24.7 Å². The molecule has 8 nitrogen and oxygen atoms in total. The number of amides is 1. The van der Waals surface area contributed by atoms with Crippen LogP contribution in [0.2, 0.25) is 0 Å². The standard InChI is InChI=1S/C28H32NO7P/c1-34-25-14-12-22(13-15-25)18-19-37(32,33)26(29-28(31)36-21-24-10-6-3-7-11-24)16-17-27(30)35-20-23-8-4-2-5-9-23/h2-15,26H,16-21H2,1H3,(H,29,31)(H,32,33). The van der Waals surface area contributed by atoms with Crippen LogP contribution in [0.25, 0.3) is 0 Å². The molecule has 3 rings (SSSR count). The molecule has 2 unspecified atom stereocenters. The van der Waals surface area contributed by atoms with E-state index in [-0.39, 0.29) is 32.2 Å². The maximum absolute atomic E-state index is 13.3. The minimum atomic E-state index is -3.92. The largest absolute Gasteiger partial charge is 0.497 e. The van der Waals surface area contributed by atoms with Crippen LogP contribution in [0.4, 0.5) is 4.79 Å². The molecule has 0 aromatic heterocycles. The number of alkyl carbamates (subject to hydrolysis) is 1. The Labute approximate surface area is 217 Å². The van der Waals surface area contributed by atoms with Crippen LogP contribution in [0.15, 0.2) is 84.9 Å². The monoisotopic (exact) mass is 525 g/mol. The Morgan fingerprint density at radius 2 is 1.41 bits per heavy atom. The number of ether oxygens (including phenoxy) is 3. The van der Waals surface area contributed by atoms with Crippen molar-refractivity contribution in [2.45, 2.75) is 38.3 Å². The van der Waals surface area contributed by atoms with Crippen molar-refractivity contribution in [3.05, 3.63) is 102 Å². The van der Waals surface area contributed by atoms with Crippen LogP contribution < -0.4 is 10.1 Å². The van der Waals surface area contributed by atoms with E-state index in [9.17, 15) is 19.0 Å². The number of hydrogen-bond donors (Lipinski definition) is 2. The van der Waals surface area contributed by atoms with Crippen LogP contribution in [0.1, 0.15) is 29.5 Å². The van der Waals surface area contributed by atoms with Gasteiger partial charge in [0.2, 0.25) is 7.37 Å². The second-order valence-electron chi connectivity index (χ2n) is 8.48. The van der Waals surface area contributed by atoms with Crippen LogP contribution in [-0.4, -0.2) is 36.0 Å². The average molecular weight is 526 g/mol. The first-order chi connectivity index (χ1) is 17.9. The predicted octanol–water partition coefficient (Wildman–Crippen LogP) is 5.28. The Morgan fingerprint density at radius 1 is 0.838 bits per heavy atom. The van der Waals surface area contributed by atoms with Gasteiger partial charge >= 0.3 is 12.1 Å². The van der Waals surface area contributed by atoms with Gasteiger partial charge in [0.25, 0.3) is 0 Å². The number of methoxy groups -OCH3 is 1. The first-order valence-electron chi connectivity index (χ1n) is 12.0. The summed E-state index contributed by atoms with van der Waals surface area (Å²) in [7, 11) is -2.36. The highest BCUT2D eigenvalue weighted by molar-refractivity contribution is 7.58. The van der Waals surface area contributed by atoms with Gasteiger partial charge in [0.15, 0.2) is 0 Å². The smallest absolute Gasteiger partial charge is 0.408 e. The zero-order valence-corrected chi connectivity index (χ0v) is 21.6. The molecule has 0 spiro atoms. The summed E-state index contributed by atoms with van der Waals surface area (Å²) < 4.78 is 29.0. The normalized spacial score (nSPS) is 13.1. The lowest BCUT2D eigenvalue weighted by atomic mass is 10.2. The van der Waals surface area contributed by atoms with E-state index in [1.807, 2.05) is 60.7 Å². The van der Waals surface area contributed by atoms with E-state index in [1.165, 1.54) is 0 Å². The van der Waals surface area contributed by atoms with E-state index in [2.05, 4.69) is 5.32 Å². The molecule has 0 saturated carbocycles. The Hall–Kier alpha value is -3.61. The van der Waals surface area contributed by atoms with Crippen LogP contribution in [-0.2, 0) is 38.5 Å². The highest BCUT2D eigenvalue weighted by Gasteiger charge is 2.33. The molecule has 0 saturated heterocycles. The maximum Gasteiger partial charge on any atom is 0.408 e. The molecule has 196 valence electrons. The predicted molar refractivity (Wildman–Crippen MR) is 140 cm³/mol. The number of hydrogen-bond acceptors (Lipinski definition) is 6. The zero-order chi connectivity index (χ0) is 26.5. The Morgan fingerprint density at radius 3 is 1.97 bits per heavy atom. The second kappa shape index (κ2) is 14.2. The number of benzene rings is 3. The lowest BCUT2D eigenvalue weighted by Gasteiger charge is -2.24. The van der Waals surface area contributed by atoms with Gasteiger partial charge in [-0.2, -0.15) is 0 Å². The molecule has 3 aromatic rings. The van der Waals surface area contributed by atoms with E-state index in [4.69, 9.17) is 14.2 Å². The summed E-state index contributed by atoms with van der Waals surface area (Å²) in [5.74, 6) is -1.01. The Balaban J connectivity index is 1.60. The lowest BCUT2D eigenvalue weighted by Crippen LogP contribution is -2.36. The van der Waals surface area contributed by atoms with Gasteiger partial charge in [-0.1, -0.05) is 72.8 Å². The lowest BCUT2D eigenvalue weighted by molar-refractivity contribution is -0.145. The molecule has 1 amide bonds. The molecule has 0 fully saturated rings. The highest BCUT2D eigenvalue weighted by Crippen LogP contribution is 2.47. The molecule has 9 heteroatoms. The van der Waals surface area contributed by atoms with E-state index in [1.54, 1.807) is 31.4 Å². The van der Waals surface area contributed by atoms with E-state index < -0.39 is 25.2 Å². The van der Waals surface area contributed by atoms with E-state index in [0.717, 1.165) is 16.7 Å². The van der Waals surface area contributed by atoms with Gasteiger partial charge in [-0.05, 0) is 41.7 Å². The fourth-order valence-corrected chi connectivity index (χ4v) is 5.31. The van der Waals surface area contributed by atoms with Crippen LogP contribution in [0.3, 0.4) is 0 Å². The molecule has 0 bridgehead atoms. The quantitative estimate of drug-likeness (QED) is 0.231. The number of carbonyl (C=O) groups is 2. The molecule has 0 radical (unpaired) electrons. The summed E-state index contributed by atoms with van der Waals surface area (Å²) in [6.07, 6.45) is -0.797. The minimum absolute atomic E-state index is 0.0140. The molecule has 0 aliphatic heterocycles. The summed E-state index contributed by atoms with van der Waals surface area (Å²) in [5.41, 5.74) is 2.47. The van der Waals surface area contributed by atoms with Gasteiger partial charge < -0.3 is 24.4 Å². The summed E-state index contributed by atoms with van der Waals surface area (Å²) in [5, 5.41) is 2.51. The zero-order valence-electron chi connectivity index (χ0n) is 20.7. The molecular formula is C28H32NO7P. The molecule has 37 heavy (non-hydrogen) atoms. The molecular weight excluding hydrogens is 493 g/mol. The van der Waals surface area contributed by atoms with Crippen molar-refractivity contribution in [3.63, 3.8) is 0 Å². The van der Waals surface area contributed by atoms with Gasteiger partial charge in [-0.3, -0.25) is 9.36 Å².